The summed E-state index contributed by atoms with van der Waals surface area (Å²) in [6.45, 7) is 4.17. The number of Topliss-reactive ketones (excluding diaryl/α,β-unsaturated/α-hetero) is 1. The molecule has 2 aliphatic rings. The molecule has 23 heavy (non-hydrogen) atoms. The standard InChI is InChI=1S/C18H17BrN2OS/c1-18(2)7-13-16(14(22)8-18)15(12(9-20)17(23)21-13)10-3-5-11(19)6-4-10/h3-6,15-16,20H,7-8H2,1-2H3/t15-,16?/m1/s1. The van der Waals surface area contributed by atoms with Gasteiger partial charge in [-0.1, -0.05) is 54.1 Å². The Labute approximate surface area is 149 Å². The number of halogens is 1. The molecule has 1 heterocycles. The van der Waals surface area contributed by atoms with Crippen LogP contribution in [0.15, 0.2) is 39.3 Å². The van der Waals surface area contributed by atoms with Crippen molar-refractivity contribution in [2.45, 2.75) is 32.6 Å². The van der Waals surface area contributed by atoms with Gasteiger partial charge in [-0.15, -0.1) is 0 Å². The summed E-state index contributed by atoms with van der Waals surface area (Å²) in [6, 6.07) is 7.85. The monoisotopic (exact) mass is 388 g/mol. The summed E-state index contributed by atoms with van der Waals surface area (Å²) in [6.07, 6.45) is 1.30. The summed E-state index contributed by atoms with van der Waals surface area (Å²) in [5.41, 5.74) is 2.31. The molecule has 1 aliphatic carbocycles. The van der Waals surface area contributed by atoms with E-state index in [0.717, 1.165) is 22.2 Å². The van der Waals surface area contributed by atoms with Crippen molar-refractivity contribution in [3.8, 4) is 0 Å². The largest absolute Gasteiger partial charge is 0.299 e. The van der Waals surface area contributed by atoms with Crippen LogP contribution in [0, 0.1) is 16.7 Å². The third-order valence-corrected chi connectivity index (χ3v) is 5.34. The number of carbonyl (C=O) groups is 1. The maximum absolute atomic E-state index is 12.8. The molecule has 1 aliphatic heterocycles. The number of thiocarbonyl (C=S) groups is 1. The minimum absolute atomic E-state index is 0.0851. The third-order valence-electron chi connectivity index (χ3n) is 4.50. The second-order valence-corrected chi connectivity index (χ2v) is 8.24. The highest BCUT2D eigenvalue weighted by Crippen LogP contribution is 2.45. The molecule has 0 saturated heterocycles. The molecule has 1 fully saturated rings. The van der Waals surface area contributed by atoms with Gasteiger partial charge < -0.3 is 0 Å². The number of nitrogens with zero attached hydrogens (tertiary/aromatic N) is 1. The molecule has 1 aromatic carbocycles. The third kappa shape index (κ3) is 3.01. The first kappa shape index (κ1) is 16.4. The summed E-state index contributed by atoms with van der Waals surface area (Å²) >= 11 is 8.82. The number of aliphatic imine (C=N–C) groups is 1. The maximum atomic E-state index is 12.8. The molecular formula is C18H17BrN2OS. The molecule has 0 bridgehead atoms. The summed E-state index contributed by atoms with van der Waals surface area (Å²) in [5, 5.41) is 7.64. The number of nitrogens with one attached hydrogen (secondary N) is 1. The van der Waals surface area contributed by atoms with E-state index in [9.17, 15) is 4.79 Å². The van der Waals surface area contributed by atoms with Gasteiger partial charge in [0.25, 0.3) is 0 Å². The Balaban J connectivity index is 2.15. The van der Waals surface area contributed by atoms with Crippen molar-refractivity contribution in [2.24, 2.45) is 16.3 Å². The number of carbonyl (C=O) groups excluding carboxylic acids is 1. The van der Waals surface area contributed by atoms with Gasteiger partial charge >= 0.3 is 0 Å². The van der Waals surface area contributed by atoms with E-state index >= 15 is 0 Å². The van der Waals surface area contributed by atoms with Gasteiger partial charge in [0.1, 0.15) is 10.8 Å². The molecule has 1 unspecified atom stereocenters. The van der Waals surface area contributed by atoms with Gasteiger partial charge in [-0.2, -0.15) is 0 Å². The van der Waals surface area contributed by atoms with Crippen LogP contribution < -0.4 is 0 Å². The number of benzene rings is 1. The molecule has 1 aromatic rings. The molecule has 118 valence electrons. The normalized spacial score (nSPS) is 26.4. The first-order chi connectivity index (χ1) is 10.8. The molecular weight excluding hydrogens is 372 g/mol. The predicted octanol–water partition coefficient (Wildman–Crippen LogP) is 4.49. The Morgan fingerprint density at radius 1 is 1.26 bits per heavy atom. The Morgan fingerprint density at radius 3 is 2.52 bits per heavy atom. The van der Waals surface area contributed by atoms with Crippen molar-refractivity contribution < 1.29 is 4.79 Å². The first-order valence-electron chi connectivity index (χ1n) is 7.52. The SMILES string of the molecule is CC1(C)CC(=O)C2C(=NC(=S)C(=C=N)[C@H]2c2ccc(Br)cc2)C1. The van der Waals surface area contributed by atoms with E-state index in [0.29, 0.717) is 17.0 Å². The van der Waals surface area contributed by atoms with Gasteiger partial charge in [0, 0.05) is 22.5 Å². The Morgan fingerprint density at radius 2 is 1.91 bits per heavy atom. The molecule has 5 heteroatoms. The minimum atomic E-state index is -0.316. The second kappa shape index (κ2) is 5.90. The van der Waals surface area contributed by atoms with Crippen LogP contribution >= 0.6 is 28.1 Å². The van der Waals surface area contributed by atoms with Crippen LogP contribution in [0.3, 0.4) is 0 Å². The van der Waals surface area contributed by atoms with E-state index in [1.54, 1.807) is 0 Å². The van der Waals surface area contributed by atoms with Gasteiger partial charge in [0.2, 0.25) is 0 Å². The molecule has 0 spiro atoms. The minimum Gasteiger partial charge on any atom is -0.299 e. The summed E-state index contributed by atoms with van der Waals surface area (Å²) < 4.78 is 0.977. The second-order valence-electron chi connectivity index (χ2n) is 6.94. The summed E-state index contributed by atoms with van der Waals surface area (Å²) in [5.74, 6) is 2.07. The molecule has 3 nitrogen and oxygen atoms in total. The number of fused-ring (bicyclic) bond motifs is 1. The van der Waals surface area contributed by atoms with Gasteiger partial charge in [-0.3, -0.25) is 10.2 Å². The fraction of sp³-hybridized carbons (Fsp3) is 0.389. The number of rotatable bonds is 1. The smallest absolute Gasteiger partial charge is 0.143 e. The summed E-state index contributed by atoms with van der Waals surface area (Å²) in [7, 11) is 0. The highest BCUT2D eigenvalue weighted by molar-refractivity contribution is 9.10. The number of ketones is 1. The van der Waals surface area contributed by atoms with E-state index in [1.807, 2.05) is 24.3 Å². The van der Waals surface area contributed by atoms with Crippen LogP contribution in [0.2, 0.25) is 0 Å². The first-order valence-corrected chi connectivity index (χ1v) is 8.72. The van der Waals surface area contributed by atoms with Crippen LogP contribution in [0.25, 0.3) is 0 Å². The Hall–Kier alpha value is -1.42. The lowest BCUT2D eigenvalue weighted by atomic mass is 9.63. The van der Waals surface area contributed by atoms with E-state index in [4.69, 9.17) is 17.6 Å². The molecule has 0 amide bonds. The van der Waals surface area contributed by atoms with Crippen LogP contribution in [0.1, 0.15) is 38.2 Å². The van der Waals surface area contributed by atoms with Crippen LogP contribution in [-0.4, -0.2) is 22.4 Å². The predicted molar refractivity (Wildman–Crippen MR) is 99.7 cm³/mol. The van der Waals surface area contributed by atoms with E-state index in [1.165, 1.54) is 0 Å². The van der Waals surface area contributed by atoms with Gasteiger partial charge in [-0.25, -0.2) is 4.99 Å². The van der Waals surface area contributed by atoms with Gasteiger partial charge in [0.05, 0.1) is 11.5 Å². The lowest BCUT2D eigenvalue weighted by Crippen LogP contribution is -2.44. The Kier molecular flexibility index (Phi) is 4.21. The quantitative estimate of drug-likeness (QED) is 0.437. The zero-order valence-corrected chi connectivity index (χ0v) is 15.4. The molecule has 3 rings (SSSR count). The molecule has 1 saturated carbocycles. The molecule has 1 N–H and O–H groups in total. The fourth-order valence-electron chi connectivity index (χ4n) is 3.57. The molecule has 0 aromatic heterocycles. The topological polar surface area (TPSA) is 53.3 Å². The van der Waals surface area contributed by atoms with E-state index in [-0.39, 0.29) is 23.0 Å². The lowest BCUT2D eigenvalue weighted by Gasteiger charge is -2.40. The molecule has 2 atom stereocenters. The highest BCUT2D eigenvalue weighted by Gasteiger charge is 2.46. The molecule has 0 radical (unpaired) electrons. The van der Waals surface area contributed by atoms with Crippen molar-refractivity contribution in [1.29, 1.82) is 5.41 Å². The maximum Gasteiger partial charge on any atom is 0.143 e. The fourth-order valence-corrected chi connectivity index (χ4v) is 4.13. The van der Waals surface area contributed by atoms with Crippen molar-refractivity contribution in [3.63, 3.8) is 0 Å². The average molecular weight is 389 g/mol. The summed E-state index contributed by atoms with van der Waals surface area (Å²) in [4.78, 5) is 17.7. The number of hydrogen-bond acceptors (Lipinski definition) is 3. The van der Waals surface area contributed by atoms with Crippen LogP contribution in [-0.2, 0) is 4.79 Å². The van der Waals surface area contributed by atoms with Crippen LogP contribution in [0.4, 0.5) is 0 Å². The zero-order chi connectivity index (χ0) is 16.8. The van der Waals surface area contributed by atoms with Gasteiger partial charge in [0.15, 0.2) is 0 Å². The number of hydrogen-bond donors (Lipinski definition) is 1. The van der Waals surface area contributed by atoms with Crippen molar-refractivity contribution >= 4 is 50.5 Å². The van der Waals surface area contributed by atoms with E-state index in [2.05, 4.69) is 40.6 Å². The van der Waals surface area contributed by atoms with Crippen molar-refractivity contribution in [2.75, 3.05) is 0 Å². The highest BCUT2D eigenvalue weighted by atomic mass is 79.9. The zero-order valence-electron chi connectivity index (χ0n) is 13.0. The van der Waals surface area contributed by atoms with Crippen LogP contribution in [0.5, 0.6) is 0 Å². The van der Waals surface area contributed by atoms with Gasteiger partial charge in [-0.05, 0) is 35.4 Å². The van der Waals surface area contributed by atoms with Crippen molar-refractivity contribution in [1.82, 2.24) is 0 Å². The van der Waals surface area contributed by atoms with Crippen molar-refractivity contribution in [3.05, 3.63) is 39.9 Å². The van der Waals surface area contributed by atoms with E-state index < -0.39 is 0 Å². The lowest BCUT2D eigenvalue weighted by molar-refractivity contribution is -0.124. The average Bonchev–Trinajstić information content (AvgIpc) is 2.45. The Bertz CT molecular complexity index is 773.